The maximum absolute atomic E-state index is 5.51. The number of amidine groups is 2. The van der Waals surface area contributed by atoms with E-state index in [4.69, 9.17) is 14.2 Å². The van der Waals surface area contributed by atoms with Gasteiger partial charge < -0.3 is 43.6 Å². The van der Waals surface area contributed by atoms with E-state index >= 15 is 0 Å². The van der Waals surface area contributed by atoms with Crippen molar-refractivity contribution in [2.45, 2.75) is 320 Å². The van der Waals surface area contributed by atoms with E-state index < -0.39 is 0 Å². The van der Waals surface area contributed by atoms with Gasteiger partial charge >= 0.3 is 0 Å². The van der Waals surface area contributed by atoms with Crippen LogP contribution in [0, 0.1) is 43.3 Å². The van der Waals surface area contributed by atoms with E-state index in [2.05, 4.69) is 390 Å². The molecule has 0 amide bonds. The van der Waals surface area contributed by atoms with Crippen molar-refractivity contribution in [1.82, 2.24) is 34.3 Å². The van der Waals surface area contributed by atoms with E-state index in [9.17, 15) is 0 Å². The molecule has 0 bridgehead atoms. The van der Waals surface area contributed by atoms with Gasteiger partial charge in [0.1, 0.15) is 28.8 Å². The maximum atomic E-state index is 5.51. The Kier molecular flexibility index (Phi) is 30.5. The Balaban J connectivity index is 0.000000614. The lowest BCUT2D eigenvalue weighted by Gasteiger charge is -2.58. The zero-order chi connectivity index (χ0) is 87.4. The van der Waals surface area contributed by atoms with Gasteiger partial charge in [-0.15, -0.1) is 0 Å². The van der Waals surface area contributed by atoms with Crippen LogP contribution in [-0.2, 0) is 14.2 Å². The van der Waals surface area contributed by atoms with E-state index in [1.807, 2.05) is 60.7 Å². The van der Waals surface area contributed by atoms with Gasteiger partial charge in [-0.05, 0) is 221 Å². The monoisotopic (exact) mass is 1550 g/mol. The van der Waals surface area contributed by atoms with Crippen LogP contribution in [0.5, 0.6) is 0 Å². The molecule has 0 radical (unpaired) electrons. The standard InChI is InChI=1S/C13H27N.C12H22N2.C11H19NO.C11H19NS.C10H16N2.C9H18N2.C9H13NO.C9H13NS.C8H15NO/c1-10(2)11(3,4)13(7,8)14(9)12(10,5)6;1-9-11(3,4)12(5,6)14(8)10(2)13(9)7;2*1-8-10(3,4)11(5,6)12(7)9(2)13-8;1-7-10(4,5)8(2)12(6)9(3)11-7;1-7-10-8(2,3)9(4,5)11(7)6;2*1-6-9(4,5)7(2)11-8(3)10-6;1-6-9-7(2,3)8(4,5)10-6/h1-9H3;1-2H2,3-8H3;2*1-2H2,3-7H3;1-2H2,3-6H3;1-6H3;2*1-2H2,3-5H3;1-5H3. The van der Waals surface area contributed by atoms with Crippen molar-refractivity contribution < 1.29 is 14.2 Å². The Labute approximate surface area is 679 Å². The lowest BCUT2D eigenvalue weighted by molar-refractivity contribution is -0.0460. The first kappa shape index (κ1) is 101. The molecule has 4 fully saturated rings. The smallest absolute Gasteiger partial charge is 0.191 e. The summed E-state index contributed by atoms with van der Waals surface area (Å²) >= 11 is 3.34. The molecule has 0 aromatic heterocycles. The number of aliphatic imine (C=N–C) groups is 5. The highest BCUT2D eigenvalue weighted by molar-refractivity contribution is 8.17. The van der Waals surface area contributed by atoms with Gasteiger partial charge in [-0.1, -0.05) is 165 Å². The minimum absolute atomic E-state index is 0.0145. The summed E-state index contributed by atoms with van der Waals surface area (Å²) in [6.07, 6.45) is 0. The van der Waals surface area contributed by atoms with Crippen molar-refractivity contribution in [3.63, 3.8) is 0 Å². The van der Waals surface area contributed by atoms with Gasteiger partial charge in [0, 0.05) is 134 Å². The maximum Gasteiger partial charge on any atom is 0.191 e. The molecule has 0 saturated carbocycles. The minimum atomic E-state index is -0.223. The molecule has 0 unspecified atom stereocenters. The van der Waals surface area contributed by atoms with Crippen LogP contribution in [-0.4, -0.2) is 162 Å². The van der Waals surface area contributed by atoms with E-state index in [1.165, 1.54) is 4.91 Å². The van der Waals surface area contributed by atoms with Gasteiger partial charge in [-0.3, -0.25) is 14.9 Å². The first-order chi connectivity index (χ1) is 47.9. The molecule has 9 rings (SSSR count). The fourth-order valence-electron chi connectivity index (χ4n) is 13.1. The summed E-state index contributed by atoms with van der Waals surface area (Å²) in [4.78, 5) is 39.5. The van der Waals surface area contributed by atoms with Gasteiger partial charge in [0.2, 0.25) is 0 Å². The quantitative estimate of drug-likeness (QED) is 0.230. The molecule has 620 valence electrons. The molecule has 9 heterocycles. The van der Waals surface area contributed by atoms with Gasteiger partial charge in [-0.25, -0.2) is 15.0 Å². The third-order valence-electron chi connectivity index (χ3n) is 30.1. The molecule has 0 aromatic rings. The zero-order valence-electron chi connectivity index (χ0n) is 78.9. The number of thioether (sulfide) groups is 2. The lowest BCUT2D eigenvalue weighted by atomic mass is 9.57. The van der Waals surface area contributed by atoms with Gasteiger partial charge in [0.25, 0.3) is 0 Å². The Bertz CT molecular complexity index is 3600. The summed E-state index contributed by atoms with van der Waals surface area (Å²) in [5.74, 6) is 6.72. The minimum Gasteiger partial charge on any atom is -0.473 e. The number of allylic oxidation sites excluding steroid dienone is 1. The van der Waals surface area contributed by atoms with Crippen LogP contribution < -0.4 is 0 Å². The highest BCUT2D eigenvalue weighted by Crippen LogP contribution is 2.63. The van der Waals surface area contributed by atoms with Gasteiger partial charge in [0.15, 0.2) is 17.7 Å². The molecule has 0 aliphatic carbocycles. The van der Waals surface area contributed by atoms with Crippen LogP contribution in [0.2, 0.25) is 0 Å². The number of rotatable bonds is 0. The van der Waals surface area contributed by atoms with Crippen molar-refractivity contribution in [2.75, 3.05) is 49.3 Å². The van der Waals surface area contributed by atoms with Crippen LogP contribution >= 0.6 is 23.5 Å². The second kappa shape index (κ2) is 32.9. The number of hydrogen-bond donors (Lipinski definition) is 0. The molecule has 0 spiro atoms. The second-order valence-corrected chi connectivity index (χ2v) is 42.2. The van der Waals surface area contributed by atoms with E-state index in [1.54, 1.807) is 30.4 Å². The van der Waals surface area contributed by atoms with E-state index in [-0.39, 0.29) is 82.4 Å². The van der Waals surface area contributed by atoms with Crippen LogP contribution in [0.4, 0.5) is 0 Å². The van der Waals surface area contributed by atoms with Crippen molar-refractivity contribution in [2.24, 2.45) is 68.3 Å². The number of ether oxygens (including phenoxy) is 3. The Hall–Kier alpha value is -5.91. The summed E-state index contributed by atoms with van der Waals surface area (Å²) in [7, 11) is 14.6. The predicted molar refractivity (Wildman–Crippen MR) is 485 cm³/mol. The fraction of sp³-hybridized carbons (Fsp3) is 0.685. The lowest BCUT2D eigenvalue weighted by Crippen LogP contribution is -2.60. The molecular formula is C92H162N12O3S2. The molecule has 17 heteroatoms. The molecule has 9 aliphatic rings. The fourth-order valence-corrected chi connectivity index (χ4v) is 15.1. The van der Waals surface area contributed by atoms with Crippen molar-refractivity contribution >= 4 is 52.0 Å². The van der Waals surface area contributed by atoms with Crippen molar-refractivity contribution in [3.8, 4) is 0 Å². The average Bonchev–Trinajstić information content (AvgIpc) is 1.53. The predicted octanol–water partition coefficient (Wildman–Crippen LogP) is 24.4. The van der Waals surface area contributed by atoms with E-state index in [0.717, 1.165) is 78.4 Å². The third kappa shape index (κ3) is 19.2. The summed E-state index contributed by atoms with van der Waals surface area (Å²) < 4.78 is 16.3. The average molecular weight is 1550 g/mol. The SMILES string of the molecule is C=C1N(C)C(=C)C(C)(C)C(C)(C)N1C.C=C1N=C(C)N(C)C(=C)C1(C)C.C=C1N=C(C)OC(=C)C1(C)C.C=C1N=C(C)SC(=C)C1(C)C.C=C1OC(=C)C(C)(C)C(C)(C)N1C.C=C1SC(=C)C(C)(C)C(C)(C)N1C.CC1=NC(C)(C)C(C)(C)N1C.CC1=NC(C)(C)C(C)(C)O1.CN1C(C)(C)C(C)(C)C(C)(C)C1(C)C. The Morgan fingerprint density at radius 2 is 0.743 bits per heavy atom. The van der Waals surface area contributed by atoms with Crippen molar-refractivity contribution in [1.29, 1.82) is 0 Å². The molecular weight excluding hydrogens is 1390 g/mol. The molecule has 4 saturated heterocycles. The third-order valence-corrected chi connectivity index (χ3v) is 32.5. The summed E-state index contributed by atoms with van der Waals surface area (Å²) in [6.45, 7) is 132. The molecule has 9 aliphatic heterocycles. The summed E-state index contributed by atoms with van der Waals surface area (Å²) in [5.41, 5.74) is 5.79. The second-order valence-electron chi connectivity index (χ2n) is 39.7. The molecule has 0 aromatic carbocycles. The van der Waals surface area contributed by atoms with Gasteiger partial charge in [-0.2, -0.15) is 0 Å². The highest BCUT2D eigenvalue weighted by Gasteiger charge is 2.66. The normalized spacial score (nSPS) is 26.2. The summed E-state index contributed by atoms with van der Waals surface area (Å²) in [5, 5.41) is 2.13. The number of nitrogens with zero attached hydrogens (tertiary/aromatic N) is 12. The first-order valence-corrected chi connectivity index (χ1v) is 40.2. The zero-order valence-corrected chi connectivity index (χ0v) is 80.5. The Morgan fingerprint density at radius 3 is 1.08 bits per heavy atom. The van der Waals surface area contributed by atoms with Crippen LogP contribution in [0.1, 0.15) is 270 Å². The molecule has 109 heavy (non-hydrogen) atoms. The Morgan fingerprint density at radius 1 is 0.330 bits per heavy atom. The van der Waals surface area contributed by atoms with E-state index in [0.29, 0.717) is 22.6 Å². The van der Waals surface area contributed by atoms with Crippen LogP contribution in [0.15, 0.2) is 170 Å². The molecule has 15 nitrogen and oxygen atoms in total. The number of likely N-dealkylation sites (tertiary alicyclic amines) is 1. The van der Waals surface area contributed by atoms with Crippen LogP contribution in [0.3, 0.4) is 0 Å². The molecule has 0 atom stereocenters. The van der Waals surface area contributed by atoms with Crippen molar-refractivity contribution in [3.05, 3.63) is 145 Å². The number of hydrogen-bond acceptors (Lipinski definition) is 17. The van der Waals surface area contributed by atoms with Crippen LogP contribution in [0.25, 0.3) is 0 Å². The first-order valence-electron chi connectivity index (χ1n) is 38.5. The largest absolute Gasteiger partial charge is 0.473 e. The topological polar surface area (TPSA) is 112 Å². The highest BCUT2D eigenvalue weighted by atomic mass is 32.2. The van der Waals surface area contributed by atoms with Gasteiger partial charge in [0.05, 0.1) is 43.6 Å². The summed E-state index contributed by atoms with van der Waals surface area (Å²) in [6, 6.07) is 0. The number of likely N-dealkylation sites (N-methyl/N-ethyl adjacent to an activating group) is 1. The molecule has 0 N–H and O–H groups in total.